The number of hydrogen-bond donors (Lipinski definition) is 1. The summed E-state index contributed by atoms with van der Waals surface area (Å²) in [4.78, 5) is 0. The van der Waals surface area contributed by atoms with Gasteiger partial charge in [-0.05, 0) is 17.7 Å². The molecule has 72 valence electrons. The first-order valence-corrected chi connectivity index (χ1v) is 4.79. The van der Waals surface area contributed by atoms with E-state index in [0.717, 1.165) is 5.56 Å². The molecule has 0 spiro atoms. The predicted octanol–water partition coefficient (Wildman–Crippen LogP) is 3.26. The zero-order valence-corrected chi connectivity index (χ0v) is 9.15. The summed E-state index contributed by atoms with van der Waals surface area (Å²) in [5.74, 6) is 0. The lowest BCUT2D eigenvalue weighted by Gasteiger charge is -2.23. The van der Waals surface area contributed by atoms with Crippen molar-refractivity contribution in [3.63, 3.8) is 0 Å². The van der Waals surface area contributed by atoms with Crippen molar-refractivity contribution in [1.82, 2.24) is 0 Å². The van der Waals surface area contributed by atoms with Crippen LogP contribution in [0.1, 0.15) is 19.4 Å². The third kappa shape index (κ3) is 2.37. The lowest BCUT2D eigenvalue weighted by molar-refractivity contribution is 0.218. The molecular formula is C10H12Cl2O. The van der Waals surface area contributed by atoms with E-state index in [-0.39, 0.29) is 12.0 Å². The van der Waals surface area contributed by atoms with Crippen LogP contribution in [0.25, 0.3) is 0 Å². The summed E-state index contributed by atoms with van der Waals surface area (Å²) >= 11 is 11.8. The molecule has 0 saturated carbocycles. The largest absolute Gasteiger partial charge is 0.395 e. The molecule has 1 nitrogen and oxygen atoms in total. The fraction of sp³-hybridized carbons (Fsp3) is 0.400. The van der Waals surface area contributed by atoms with Gasteiger partial charge < -0.3 is 5.11 Å². The average Bonchev–Trinajstić information content (AvgIpc) is 2.03. The minimum absolute atomic E-state index is 0.0638. The van der Waals surface area contributed by atoms with Crippen LogP contribution in [0.3, 0.4) is 0 Å². The molecule has 0 amide bonds. The number of aliphatic hydroxyl groups excluding tert-OH is 1. The Bertz CT molecular complexity index is 308. The third-order valence-corrected chi connectivity index (χ3v) is 2.60. The normalized spacial score (nSPS) is 11.8. The second-order valence-corrected chi connectivity index (χ2v) is 4.51. The second-order valence-electron chi connectivity index (χ2n) is 3.67. The van der Waals surface area contributed by atoms with Crippen LogP contribution in [-0.4, -0.2) is 11.7 Å². The molecule has 0 saturated heterocycles. The van der Waals surface area contributed by atoms with Gasteiger partial charge >= 0.3 is 0 Å². The lowest BCUT2D eigenvalue weighted by Crippen LogP contribution is -2.22. The van der Waals surface area contributed by atoms with E-state index in [1.165, 1.54) is 0 Å². The Morgan fingerprint density at radius 2 is 1.92 bits per heavy atom. The minimum atomic E-state index is -0.318. The maximum absolute atomic E-state index is 9.15. The van der Waals surface area contributed by atoms with E-state index in [9.17, 15) is 0 Å². The highest BCUT2D eigenvalue weighted by atomic mass is 35.5. The Labute approximate surface area is 88.3 Å². The molecule has 3 heteroatoms. The predicted molar refractivity (Wildman–Crippen MR) is 56.6 cm³/mol. The first-order chi connectivity index (χ1) is 5.97. The molecule has 0 aliphatic rings. The van der Waals surface area contributed by atoms with Crippen LogP contribution in [0.2, 0.25) is 10.0 Å². The van der Waals surface area contributed by atoms with Crippen LogP contribution in [0, 0.1) is 0 Å². The average molecular weight is 219 g/mol. The molecule has 0 bridgehead atoms. The highest BCUT2D eigenvalue weighted by Gasteiger charge is 2.21. The molecule has 0 heterocycles. The highest BCUT2D eigenvalue weighted by molar-refractivity contribution is 6.35. The SMILES string of the molecule is CC(C)(CO)c1ccc(Cl)cc1Cl. The van der Waals surface area contributed by atoms with E-state index in [0.29, 0.717) is 10.0 Å². The summed E-state index contributed by atoms with van der Waals surface area (Å²) in [6.45, 7) is 3.93. The number of benzene rings is 1. The van der Waals surface area contributed by atoms with Crippen LogP contribution in [0.4, 0.5) is 0 Å². The Morgan fingerprint density at radius 1 is 1.31 bits per heavy atom. The fourth-order valence-corrected chi connectivity index (χ4v) is 1.79. The number of aliphatic hydroxyl groups is 1. The van der Waals surface area contributed by atoms with Crippen LogP contribution < -0.4 is 0 Å². The molecule has 0 aromatic heterocycles. The van der Waals surface area contributed by atoms with Crippen molar-refractivity contribution in [2.24, 2.45) is 0 Å². The summed E-state index contributed by atoms with van der Waals surface area (Å²) < 4.78 is 0. The van der Waals surface area contributed by atoms with E-state index in [4.69, 9.17) is 28.3 Å². The number of hydrogen-bond acceptors (Lipinski definition) is 1. The molecule has 0 aliphatic heterocycles. The number of rotatable bonds is 2. The van der Waals surface area contributed by atoms with Crippen molar-refractivity contribution in [1.29, 1.82) is 0 Å². The number of halogens is 2. The van der Waals surface area contributed by atoms with Crippen LogP contribution >= 0.6 is 23.2 Å². The monoisotopic (exact) mass is 218 g/mol. The van der Waals surface area contributed by atoms with Gasteiger partial charge in [0.05, 0.1) is 6.61 Å². The summed E-state index contributed by atoms with van der Waals surface area (Å²) in [5, 5.41) is 10.4. The molecule has 0 radical (unpaired) electrons. The summed E-state index contributed by atoms with van der Waals surface area (Å²) in [6.07, 6.45) is 0. The zero-order valence-electron chi connectivity index (χ0n) is 7.64. The van der Waals surface area contributed by atoms with Gasteiger partial charge in [-0.3, -0.25) is 0 Å². The molecule has 1 aromatic rings. The van der Waals surface area contributed by atoms with Crippen molar-refractivity contribution in [3.8, 4) is 0 Å². The van der Waals surface area contributed by atoms with Crippen LogP contribution in [0.15, 0.2) is 18.2 Å². The van der Waals surface area contributed by atoms with Crippen molar-refractivity contribution < 1.29 is 5.11 Å². The maximum Gasteiger partial charge on any atom is 0.0523 e. The Balaban J connectivity index is 3.16. The summed E-state index contributed by atoms with van der Waals surface area (Å²) in [5.41, 5.74) is 0.600. The van der Waals surface area contributed by atoms with Gasteiger partial charge in [0.15, 0.2) is 0 Å². The Morgan fingerprint density at radius 3 is 2.38 bits per heavy atom. The van der Waals surface area contributed by atoms with Gasteiger partial charge in [-0.25, -0.2) is 0 Å². The molecule has 13 heavy (non-hydrogen) atoms. The van der Waals surface area contributed by atoms with Gasteiger partial charge in [-0.15, -0.1) is 0 Å². The topological polar surface area (TPSA) is 20.2 Å². The van der Waals surface area contributed by atoms with Gasteiger partial charge in [0.25, 0.3) is 0 Å². The fourth-order valence-electron chi connectivity index (χ4n) is 1.12. The van der Waals surface area contributed by atoms with Crippen molar-refractivity contribution >= 4 is 23.2 Å². The third-order valence-electron chi connectivity index (χ3n) is 2.06. The first-order valence-electron chi connectivity index (χ1n) is 4.04. The van der Waals surface area contributed by atoms with E-state index in [2.05, 4.69) is 0 Å². The molecule has 0 fully saturated rings. The highest BCUT2D eigenvalue weighted by Crippen LogP contribution is 2.31. The van der Waals surface area contributed by atoms with E-state index >= 15 is 0 Å². The van der Waals surface area contributed by atoms with Crippen LogP contribution in [-0.2, 0) is 5.41 Å². The second kappa shape index (κ2) is 3.87. The van der Waals surface area contributed by atoms with Gasteiger partial charge in [0, 0.05) is 15.5 Å². The lowest BCUT2D eigenvalue weighted by atomic mass is 9.86. The summed E-state index contributed by atoms with van der Waals surface area (Å²) in [7, 11) is 0. The minimum Gasteiger partial charge on any atom is -0.395 e. The van der Waals surface area contributed by atoms with Gasteiger partial charge in [0.1, 0.15) is 0 Å². The molecule has 0 unspecified atom stereocenters. The Hall–Kier alpha value is -0.240. The van der Waals surface area contributed by atoms with Gasteiger partial charge in [0.2, 0.25) is 0 Å². The smallest absolute Gasteiger partial charge is 0.0523 e. The summed E-state index contributed by atoms with van der Waals surface area (Å²) in [6, 6.07) is 5.32. The quantitative estimate of drug-likeness (QED) is 0.809. The molecule has 1 aromatic carbocycles. The van der Waals surface area contributed by atoms with Gasteiger partial charge in [-0.1, -0.05) is 43.1 Å². The van der Waals surface area contributed by atoms with Crippen LogP contribution in [0.5, 0.6) is 0 Å². The van der Waals surface area contributed by atoms with E-state index < -0.39 is 0 Å². The maximum atomic E-state index is 9.15. The Kier molecular flexibility index (Phi) is 3.23. The van der Waals surface area contributed by atoms with Crippen molar-refractivity contribution in [2.45, 2.75) is 19.3 Å². The molecule has 1 rings (SSSR count). The van der Waals surface area contributed by atoms with Crippen molar-refractivity contribution in [2.75, 3.05) is 6.61 Å². The standard InChI is InChI=1S/C10H12Cl2O/c1-10(2,6-13)8-4-3-7(11)5-9(8)12/h3-5,13H,6H2,1-2H3. The molecular weight excluding hydrogens is 207 g/mol. The zero-order chi connectivity index (χ0) is 10.1. The van der Waals surface area contributed by atoms with Crippen molar-refractivity contribution in [3.05, 3.63) is 33.8 Å². The van der Waals surface area contributed by atoms with Gasteiger partial charge in [-0.2, -0.15) is 0 Å². The first kappa shape index (κ1) is 10.8. The molecule has 0 aliphatic carbocycles. The van der Waals surface area contributed by atoms with E-state index in [1.807, 2.05) is 19.9 Å². The molecule has 0 atom stereocenters. The molecule has 1 N–H and O–H groups in total. The van der Waals surface area contributed by atoms with E-state index in [1.54, 1.807) is 12.1 Å².